The largest absolute Gasteiger partial charge is 0.390 e. The quantitative estimate of drug-likeness (QED) is 0.590. The number of aryl methyl sites for hydroxylation is 1. The number of rotatable bonds is 10. The van der Waals surface area contributed by atoms with Crippen LogP contribution in [-0.2, 0) is 14.3 Å². The van der Waals surface area contributed by atoms with Crippen LogP contribution in [0.1, 0.15) is 70.9 Å². The van der Waals surface area contributed by atoms with E-state index >= 15 is 0 Å². The van der Waals surface area contributed by atoms with Gasteiger partial charge in [-0.1, -0.05) is 63.9 Å². The van der Waals surface area contributed by atoms with Gasteiger partial charge in [-0.25, -0.2) is 0 Å². The molecule has 0 aliphatic rings. The van der Waals surface area contributed by atoms with Gasteiger partial charge >= 0.3 is 0 Å². The third-order valence-corrected chi connectivity index (χ3v) is 5.17. The van der Waals surface area contributed by atoms with Crippen molar-refractivity contribution in [1.29, 1.82) is 0 Å². The lowest BCUT2D eigenvalue weighted by atomic mass is 9.66. The number of ether oxygens (including phenoxy) is 2. The molecule has 0 bridgehead atoms. The van der Waals surface area contributed by atoms with Crippen molar-refractivity contribution < 1.29 is 19.4 Å². The summed E-state index contributed by atoms with van der Waals surface area (Å²) in [6.07, 6.45) is 0.830. The summed E-state index contributed by atoms with van der Waals surface area (Å²) in [6, 6.07) is 8.27. The summed E-state index contributed by atoms with van der Waals surface area (Å²) in [7, 11) is 3.13. The first-order chi connectivity index (χ1) is 12.5. The molecule has 0 spiro atoms. The molecular weight excluding hydrogens is 340 g/mol. The summed E-state index contributed by atoms with van der Waals surface area (Å²) < 4.78 is 11.1. The Kier molecular flexibility index (Phi) is 8.65. The lowest BCUT2D eigenvalue weighted by Crippen LogP contribution is -2.43. The Morgan fingerprint density at radius 1 is 1.15 bits per heavy atom. The van der Waals surface area contributed by atoms with Crippen molar-refractivity contribution in [2.45, 2.75) is 78.6 Å². The smallest absolute Gasteiger partial charge is 0.167 e. The van der Waals surface area contributed by atoms with Crippen molar-refractivity contribution in [3.63, 3.8) is 0 Å². The van der Waals surface area contributed by atoms with Gasteiger partial charge in [0, 0.05) is 26.6 Å². The molecule has 0 aliphatic carbocycles. The summed E-state index contributed by atoms with van der Waals surface area (Å²) in [5.74, 6) is -0.638. The van der Waals surface area contributed by atoms with Crippen LogP contribution in [0.15, 0.2) is 24.3 Å². The zero-order valence-electron chi connectivity index (χ0n) is 18.3. The molecule has 0 saturated heterocycles. The Morgan fingerprint density at radius 3 is 2.19 bits per heavy atom. The maximum atomic E-state index is 13.4. The van der Waals surface area contributed by atoms with Crippen LogP contribution in [0.5, 0.6) is 0 Å². The fraction of sp³-hybridized carbons (Fsp3) is 0.696. The number of carbonyl (C=O) groups is 1. The Hall–Kier alpha value is -1.23. The first-order valence-corrected chi connectivity index (χ1v) is 9.84. The average molecular weight is 379 g/mol. The van der Waals surface area contributed by atoms with E-state index in [0.29, 0.717) is 6.42 Å². The molecule has 0 aliphatic heterocycles. The van der Waals surface area contributed by atoms with E-state index in [1.165, 1.54) is 0 Å². The molecule has 0 amide bonds. The van der Waals surface area contributed by atoms with Gasteiger partial charge in [-0.2, -0.15) is 0 Å². The molecule has 1 aromatic carbocycles. The van der Waals surface area contributed by atoms with Gasteiger partial charge in [0.15, 0.2) is 6.29 Å². The Morgan fingerprint density at radius 2 is 1.74 bits per heavy atom. The summed E-state index contributed by atoms with van der Waals surface area (Å²) in [5, 5.41) is 10.7. The molecule has 0 fully saturated rings. The number of carbonyl (C=O) groups excluding carboxylic acids is 1. The molecule has 0 heterocycles. The van der Waals surface area contributed by atoms with Gasteiger partial charge in [0.2, 0.25) is 0 Å². The summed E-state index contributed by atoms with van der Waals surface area (Å²) in [5.41, 5.74) is 1.03. The molecule has 1 rings (SSSR count). The normalized spacial score (nSPS) is 16.8. The number of ketones is 1. The van der Waals surface area contributed by atoms with Gasteiger partial charge in [-0.3, -0.25) is 4.79 Å². The Bertz CT molecular complexity index is 597. The van der Waals surface area contributed by atoms with Crippen LogP contribution in [0, 0.1) is 18.3 Å². The first kappa shape index (κ1) is 23.8. The molecule has 1 aromatic rings. The predicted molar refractivity (Wildman–Crippen MR) is 110 cm³/mol. The lowest BCUT2D eigenvalue weighted by Gasteiger charge is -2.40. The predicted octanol–water partition coefficient (Wildman–Crippen LogP) is 4.87. The SMILES string of the molecule is CCCC(C)(O)CC(=O)C(C(OC)OC)[C@H](c1cccc(C)c1)C(C)(C)C. The summed E-state index contributed by atoms with van der Waals surface area (Å²) in [6.45, 7) is 12.2. The van der Waals surface area contributed by atoms with E-state index in [-0.39, 0.29) is 23.5 Å². The number of benzene rings is 1. The topological polar surface area (TPSA) is 55.8 Å². The van der Waals surface area contributed by atoms with Crippen LogP contribution in [0.2, 0.25) is 0 Å². The summed E-state index contributed by atoms with van der Waals surface area (Å²) in [4.78, 5) is 13.4. The van der Waals surface area contributed by atoms with E-state index in [1.54, 1.807) is 21.1 Å². The molecule has 1 N–H and O–H groups in total. The fourth-order valence-corrected chi connectivity index (χ4v) is 4.11. The Labute approximate surface area is 165 Å². The summed E-state index contributed by atoms with van der Waals surface area (Å²) >= 11 is 0. The van der Waals surface area contributed by atoms with Crippen molar-refractivity contribution in [3.8, 4) is 0 Å². The third-order valence-electron chi connectivity index (χ3n) is 5.17. The molecule has 0 radical (unpaired) electrons. The molecule has 0 aromatic heterocycles. The molecular formula is C23H38O4. The minimum atomic E-state index is -1.02. The van der Waals surface area contributed by atoms with Gasteiger partial charge < -0.3 is 14.6 Å². The van der Waals surface area contributed by atoms with Gasteiger partial charge in [0.1, 0.15) is 5.78 Å². The number of aliphatic hydroxyl groups is 1. The third kappa shape index (κ3) is 6.70. The number of hydrogen-bond acceptors (Lipinski definition) is 4. The van der Waals surface area contributed by atoms with Crippen molar-refractivity contribution >= 4 is 5.78 Å². The highest BCUT2D eigenvalue weighted by molar-refractivity contribution is 5.83. The van der Waals surface area contributed by atoms with E-state index in [2.05, 4.69) is 45.9 Å². The van der Waals surface area contributed by atoms with E-state index in [0.717, 1.165) is 17.5 Å². The maximum absolute atomic E-state index is 13.4. The first-order valence-electron chi connectivity index (χ1n) is 9.84. The lowest BCUT2D eigenvalue weighted by molar-refractivity contribution is -0.167. The van der Waals surface area contributed by atoms with E-state index < -0.39 is 17.8 Å². The van der Waals surface area contributed by atoms with Gasteiger partial charge in [-0.05, 0) is 31.2 Å². The second kappa shape index (κ2) is 9.81. The minimum absolute atomic E-state index is 0.0245. The van der Waals surface area contributed by atoms with Crippen molar-refractivity contribution in [1.82, 2.24) is 0 Å². The second-order valence-electron chi connectivity index (χ2n) is 9.01. The van der Waals surface area contributed by atoms with Crippen molar-refractivity contribution in [2.24, 2.45) is 11.3 Å². The van der Waals surface area contributed by atoms with E-state index in [4.69, 9.17) is 9.47 Å². The van der Waals surface area contributed by atoms with Crippen LogP contribution in [0.3, 0.4) is 0 Å². The highest BCUT2D eigenvalue weighted by Crippen LogP contribution is 2.44. The average Bonchev–Trinajstić information content (AvgIpc) is 2.53. The van der Waals surface area contributed by atoms with Gasteiger partial charge in [-0.15, -0.1) is 0 Å². The van der Waals surface area contributed by atoms with Crippen LogP contribution >= 0.6 is 0 Å². The Balaban J connectivity index is 3.42. The number of Topliss-reactive ketones (excluding diaryl/α,β-unsaturated/α-hetero) is 1. The zero-order chi connectivity index (χ0) is 20.8. The van der Waals surface area contributed by atoms with E-state index in [9.17, 15) is 9.90 Å². The van der Waals surface area contributed by atoms with Crippen LogP contribution in [-0.4, -0.2) is 37.0 Å². The van der Waals surface area contributed by atoms with Crippen LogP contribution in [0.25, 0.3) is 0 Å². The monoisotopic (exact) mass is 378 g/mol. The van der Waals surface area contributed by atoms with Crippen LogP contribution < -0.4 is 0 Å². The highest BCUT2D eigenvalue weighted by Gasteiger charge is 2.44. The molecule has 0 saturated carbocycles. The zero-order valence-corrected chi connectivity index (χ0v) is 18.3. The maximum Gasteiger partial charge on any atom is 0.167 e. The molecule has 4 nitrogen and oxygen atoms in total. The molecule has 2 unspecified atom stereocenters. The number of methoxy groups -OCH3 is 2. The van der Waals surface area contributed by atoms with E-state index in [1.807, 2.05) is 13.0 Å². The van der Waals surface area contributed by atoms with Gasteiger partial charge in [0.05, 0.1) is 11.5 Å². The number of hydrogen-bond donors (Lipinski definition) is 1. The minimum Gasteiger partial charge on any atom is -0.390 e. The van der Waals surface area contributed by atoms with Gasteiger partial charge in [0.25, 0.3) is 0 Å². The molecule has 4 heteroatoms. The molecule has 154 valence electrons. The van der Waals surface area contributed by atoms with Crippen molar-refractivity contribution in [2.75, 3.05) is 14.2 Å². The fourth-order valence-electron chi connectivity index (χ4n) is 4.11. The van der Waals surface area contributed by atoms with Crippen molar-refractivity contribution in [3.05, 3.63) is 35.4 Å². The molecule has 3 atom stereocenters. The second-order valence-corrected chi connectivity index (χ2v) is 9.01. The highest BCUT2D eigenvalue weighted by atomic mass is 16.7. The molecule has 27 heavy (non-hydrogen) atoms. The standard InChI is InChI=1S/C23H38O4/c1-9-13-23(6,25)15-18(24)19(21(26-7)27-8)20(22(3,4)5)17-12-10-11-16(2)14-17/h10-12,14,19-21,25H,9,13,15H2,1-8H3/t19?,20-,23?/m0/s1. The van der Waals surface area contributed by atoms with Crippen LogP contribution in [0.4, 0.5) is 0 Å².